The third kappa shape index (κ3) is 4.51. The smallest absolute Gasteiger partial charge is 0.338 e. The number of rotatable bonds is 5. The van der Waals surface area contributed by atoms with E-state index in [1.807, 2.05) is 60.7 Å². The lowest BCUT2D eigenvalue weighted by atomic mass is 9.93. The van der Waals surface area contributed by atoms with Crippen LogP contribution in [-0.4, -0.2) is 17.1 Å². The maximum Gasteiger partial charge on any atom is 0.338 e. The van der Waals surface area contributed by atoms with Gasteiger partial charge in [0.1, 0.15) is 5.76 Å². The van der Waals surface area contributed by atoms with Crippen molar-refractivity contribution < 1.29 is 13.9 Å². The zero-order valence-electron chi connectivity index (χ0n) is 18.4. The van der Waals surface area contributed by atoms with E-state index in [1.54, 1.807) is 23.6 Å². The number of ether oxygens (including phenoxy) is 1. The number of nitrogens with zero attached hydrogens (tertiary/aromatic N) is 2. The Kier molecular flexibility index (Phi) is 6.73. The summed E-state index contributed by atoms with van der Waals surface area (Å²) in [6, 6.07) is 20.0. The minimum atomic E-state index is -0.695. The number of esters is 1. The summed E-state index contributed by atoms with van der Waals surface area (Å²) >= 11 is 7.97. The molecule has 0 N–H and O–H groups in total. The Balaban J connectivity index is 1.83. The van der Waals surface area contributed by atoms with Crippen molar-refractivity contribution in [3.63, 3.8) is 0 Å². The standard InChI is InChI=1S/C26H18Br2N2O4S/c1-2-33-25(32)20-21(15-9-5-3-6-10-15)29-26-30(22(20)16-11-7-4-8-12-16)24(31)19(35-26)14-17-13-18(27)23(28)34-17/h3-14,22H,2H2,1H3/b19-14+/t22-/m1/s1. The number of aromatic nitrogens is 1. The molecule has 4 aromatic rings. The fourth-order valence-electron chi connectivity index (χ4n) is 3.95. The molecule has 0 saturated heterocycles. The van der Waals surface area contributed by atoms with Gasteiger partial charge in [0, 0.05) is 11.6 Å². The van der Waals surface area contributed by atoms with E-state index in [4.69, 9.17) is 14.1 Å². The van der Waals surface area contributed by atoms with Gasteiger partial charge in [-0.15, -0.1) is 0 Å². The van der Waals surface area contributed by atoms with Gasteiger partial charge in [0.2, 0.25) is 0 Å². The molecule has 0 saturated carbocycles. The summed E-state index contributed by atoms with van der Waals surface area (Å²) in [7, 11) is 0. The zero-order chi connectivity index (χ0) is 24.5. The highest BCUT2D eigenvalue weighted by atomic mass is 79.9. The fourth-order valence-corrected chi connectivity index (χ4v) is 5.54. The van der Waals surface area contributed by atoms with Gasteiger partial charge >= 0.3 is 5.97 Å². The second-order valence-electron chi connectivity index (χ2n) is 7.61. The van der Waals surface area contributed by atoms with Crippen LogP contribution < -0.4 is 14.9 Å². The van der Waals surface area contributed by atoms with Gasteiger partial charge in [0.05, 0.1) is 32.9 Å². The molecule has 2 aromatic heterocycles. The van der Waals surface area contributed by atoms with Crippen LogP contribution in [0.2, 0.25) is 0 Å². The number of benzene rings is 2. The van der Waals surface area contributed by atoms with Gasteiger partial charge in [-0.25, -0.2) is 9.79 Å². The van der Waals surface area contributed by atoms with Crippen molar-refractivity contribution >= 4 is 60.9 Å². The van der Waals surface area contributed by atoms with Crippen molar-refractivity contribution in [2.45, 2.75) is 13.0 Å². The molecule has 1 aliphatic heterocycles. The molecule has 176 valence electrons. The van der Waals surface area contributed by atoms with Gasteiger partial charge in [0.15, 0.2) is 9.47 Å². The van der Waals surface area contributed by atoms with Crippen LogP contribution in [0.15, 0.2) is 95.6 Å². The molecule has 35 heavy (non-hydrogen) atoms. The molecule has 6 nitrogen and oxygen atoms in total. The first-order valence-corrected chi connectivity index (χ1v) is 13.2. The van der Waals surface area contributed by atoms with Crippen LogP contribution in [0.1, 0.15) is 29.9 Å². The van der Waals surface area contributed by atoms with Crippen LogP contribution in [-0.2, 0) is 9.53 Å². The van der Waals surface area contributed by atoms with Crippen LogP contribution in [0, 0.1) is 0 Å². The van der Waals surface area contributed by atoms with E-state index < -0.39 is 12.0 Å². The lowest BCUT2D eigenvalue weighted by molar-refractivity contribution is -0.138. The molecule has 9 heteroatoms. The molecule has 0 radical (unpaired) electrons. The Hall–Kier alpha value is -3.01. The molecule has 0 fully saturated rings. The molecule has 0 amide bonds. The highest BCUT2D eigenvalue weighted by Crippen LogP contribution is 2.35. The predicted octanol–water partition coefficient (Wildman–Crippen LogP) is 5.05. The van der Waals surface area contributed by atoms with E-state index in [1.165, 1.54) is 11.3 Å². The van der Waals surface area contributed by atoms with E-state index in [2.05, 4.69) is 31.9 Å². The molecule has 3 heterocycles. The van der Waals surface area contributed by atoms with Gasteiger partial charge in [-0.2, -0.15) is 0 Å². The summed E-state index contributed by atoms with van der Waals surface area (Å²) in [5.74, 6) is 0.00953. The van der Waals surface area contributed by atoms with Crippen molar-refractivity contribution in [3.05, 3.63) is 118 Å². The molecule has 2 aromatic carbocycles. The average Bonchev–Trinajstić information content (AvgIpc) is 3.36. The average molecular weight is 614 g/mol. The molecule has 0 bridgehead atoms. The molecular formula is C26H18Br2N2O4S. The molecule has 1 atom stereocenters. The van der Waals surface area contributed by atoms with Gasteiger partial charge in [-0.05, 0) is 50.4 Å². The van der Waals surface area contributed by atoms with Crippen LogP contribution in [0.4, 0.5) is 0 Å². The Morgan fingerprint density at radius 1 is 1.14 bits per heavy atom. The SMILES string of the molecule is CCOC(=O)C1=C(c2ccccc2)N=c2s/c(=C/c3cc(Br)c(Br)o3)c(=O)n2[C@@H]1c1ccccc1. The topological polar surface area (TPSA) is 73.8 Å². The van der Waals surface area contributed by atoms with Gasteiger partial charge < -0.3 is 9.15 Å². The molecule has 0 aliphatic carbocycles. The van der Waals surface area contributed by atoms with Crippen molar-refractivity contribution in [2.75, 3.05) is 6.61 Å². The monoisotopic (exact) mass is 612 g/mol. The van der Waals surface area contributed by atoms with E-state index in [9.17, 15) is 9.59 Å². The van der Waals surface area contributed by atoms with Crippen LogP contribution in [0.3, 0.4) is 0 Å². The first-order valence-electron chi connectivity index (χ1n) is 10.8. The van der Waals surface area contributed by atoms with E-state index >= 15 is 0 Å². The van der Waals surface area contributed by atoms with Crippen LogP contribution in [0.5, 0.6) is 0 Å². The number of carbonyl (C=O) groups is 1. The number of halogens is 2. The van der Waals surface area contributed by atoms with E-state index in [0.717, 1.165) is 15.6 Å². The van der Waals surface area contributed by atoms with Gasteiger partial charge in [-0.3, -0.25) is 9.36 Å². The highest BCUT2D eigenvalue weighted by molar-refractivity contribution is 9.13. The quantitative estimate of drug-likeness (QED) is 0.295. The highest BCUT2D eigenvalue weighted by Gasteiger charge is 2.35. The normalized spacial score (nSPS) is 15.6. The molecular weight excluding hydrogens is 596 g/mol. The Morgan fingerprint density at radius 3 is 2.46 bits per heavy atom. The van der Waals surface area contributed by atoms with Gasteiger partial charge in [0.25, 0.3) is 5.56 Å². The van der Waals surface area contributed by atoms with E-state index in [-0.39, 0.29) is 12.2 Å². The Labute approximate surface area is 221 Å². The maximum atomic E-state index is 13.7. The molecule has 0 unspecified atom stereocenters. The van der Waals surface area contributed by atoms with Crippen molar-refractivity contribution in [3.8, 4) is 0 Å². The number of fused-ring (bicyclic) bond motifs is 1. The fraction of sp³-hybridized carbons (Fsp3) is 0.115. The first-order chi connectivity index (χ1) is 17.0. The van der Waals surface area contributed by atoms with Crippen LogP contribution in [0.25, 0.3) is 11.8 Å². The molecule has 5 rings (SSSR count). The third-order valence-electron chi connectivity index (χ3n) is 5.43. The number of furan rings is 1. The van der Waals surface area contributed by atoms with Crippen LogP contribution >= 0.6 is 43.2 Å². The largest absolute Gasteiger partial charge is 0.463 e. The number of carbonyl (C=O) groups excluding carboxylic acids is 1. The molecule has 0 spiro atoms. The maximum absolute atomic E-state index is 13.7. The lowest BCUT2D eigenvalue weighted by Gasteiger charge is -2.25. The van der Waals surface area contributed by atoms with E-state index in [0.29, 0.717) is 31.0 Å². The minimum absolute atomic E-state index is 0.207. The summed E-state index contributed by atoms with van der Waals surface area (Å²) in [5.41, 5.74) is 2.11. The summed E-state index contributed by atoms with van der Waals surface area (Å²) in [5, 5.41) is 0. The third-order valence-corrected chi connectivity index (χ3v) is 8.12. The predicted molar refractivity (Wildman–Crippen MR) is 142 cm³/mol. The first kappa shape index (κ1) is 23.7. The minimum Gasteiger partial charge on any atom is -0.463 e. The van der Waals surface area contributed by atoms with Gasteiger partial charge in [-0.1, -0.05) is 72.0 Å². The number of hydrogen-bond acceptors (Lipinski definition) is 6. The van der Waals surface area contributed by atoms with Crippen molar-refractivity contribution in [1.82, 2.24) is 4.57 Å². The second-order valence-corrected chi connectivity index (χ2v) is 10.2. The Morgan fingerprint density at radius 2 is 1.83 bits per heavy atom. The molecule has 1 aliphatic rings. The number of hydrogen-bond donors (Lipinski definition) is 0. The number of thiazole rings is 1. The van der Waals surface area contributed by atoms with Crippen molar-refractivity contribution in [1.29, 1.82) is 0 Å². The summed E-state index contributed by atoms with van der Waals surface area (Å²) < 4.78 is 14.4. The van der Waals surface area contributed by atoms with Crippen molar-refractivity contribution in [2.24, 2.45) is 4.99 Å². The summed E-state index contributed by atoms with van der Waals surface area (Å²) in [6.07, 6.45) is 1.68. The summed E-state index contributed by atoms with van der Waals surface area (Å²) in [6.45, 7) is 1.96. The lowest BCUT2D eigenvalue weighted by Crippen LogP contribution is -2.39. The summed E-state index contributed by atoms with van der Waals surface area (Å²) in [4.78, 5) is 32.3. The zero-order valence-corrected chi connectivity index (χ0v) is 22.4. The Bertz CT molecular complexity index is 1600. The second kappa shape index (κ2) is 9.93.